The van der Waals surface area contributed by atoms with E-state index < -0.39 is 0 Å². The van der Waals surface area contributed by atoms with Crippen LogP contribution in [0.25, 0.3) is 0 Å². The molecule has 4 nitrogen and oxygen atoms in total. The largest absolute Gasteiger partial charge is 0.381 e. The number of rotatable bonds is 5. The number of nitrogens with zero attached hydrogens (tertiary/aromatic N) is 1. The van der Waals surface area contributed by atoms with Crippen molar-refractivity contribution < 1.29 is 4.74 Å². The number of guanidine groups is 1. The summed E-state index contributed by atoms with van der Waals surface area (Å²) in [5.74, 6) is 1.86. The average molecular weight is 455 g/mol. The Bertz CT molecular complexity index is 362. The smallest absolute Gasteiger partial charge is 0.191 e. The first kappa shape index (κ1) is 21.4. The van der Waals surface area contributed by atoms with E-state index in [4.69, 9.17) is 4.74 Å². The van der Waals surface area contributed by atoms with E-state index in [0.717, 1.165) is 44.5 Å². The zero-order valence-electron chi connectivity index (χ0n) is 14.9. The number of ether oxygens (including phenoxy) is 1. The Kier molecular flexibility index (Phi) is 10.2. The quantitative estimate of drug-likeness (QED) is 0.378. The topological polar surface area (TPSA) is 45.7 Å². The van der Waals surface area contributed by atoms with E-state index in [1.54, 1.807) is 0 Å². The van der Waals surface area contributed by atoms with E-state index >= 15 is 0 Å². The molecule has 2 atom stereocenters. The summed E-state index contributed by atoms with van der Waals surface area (Å²) < 4.78 is 5.82. The summed E-state index contributed by atoms with van der Waals surface area (Å²) in [4.78, 5) is 4.44. The summed E-state index contributed by atoms with van der Waals surface area (Å²) in [6, 6.07) is 0.588. The molecule has 136 valence electrons. The molecule has 1 heterocycles. The maximum Gasteiger partial charge on any atom is 0.191 e. The first-order chi connectivity index (χ1) is 10.7. The highest BCUT2D eigenvalue weighted by molar-refractivity contribution is 14.0. The Hall–Kier alpha value is 0.310. The molecule has 0 radical (unpaired) electrons. The minimum absolute atomic E-state index is 0. The van der Waals surface area contributed by atoms with Crippen LogP contribution in [0.4, 0.5) is 0 Å². The lowest BCUT2D eigenvalue weighted by Crippen LogP contribution is -2.50. The molecule has 2 N–H and O–H groups in total. The van der Waals surface area contributed by atoms with Gasteiger partial charge in [-0.3, -0.25) is 4.99 Å². The molecule has 1 saturated heterocycles. The maximum atomic E-state index is 5.52. The third-order valence-corrected chi connectivity index (χ3v) is 6.76. The highest BCUT2D eigenvalue weighted by Crippen LogP contribution is 2.33. The van der Waals surface area contributed by atoms with Gasteiger partial charge in [-0.25, -0.2) is 0 Å². The zero-order chi connectivity index (χ0) is 15.8. The number of nitrogens with one attached hydrogen (secondary N) is 2. The van der Waals surface area contributed by atoms with Gasteiger partial charge in [0.25, 0.3) is 0 Å². The van der Waals surface area contributed by atoms with Gasteiger partial charge >= 0.3 is 0 Å². The van der Waals surface area contributed by atoms with Crippen LogP contribution in [-0.2, 0) is 4.74 Å². The van der Waals surface area contributed by atoms with Crippen LogP contribution in [0.2, 0.25) is 0 Å². The van der Waals surface area contributed by atoms with Crippen molar-refractivity contribution in [1.29, 1.82) is 0 Å². The molecular weight excluding hydrogens is 421 g/mol. The molecule has 23 heavy (non-hydrogen) atoms. The van der Waals surface area contributed by atoms with Crippen molar-refractivity contribution in [2.75, 3.05) is 33.1 Å². The van der Waals surface area contributed by atoms with Gasteiger partial charge in [-0.15, -0.1) is 24.0 Å². The Labute approximate surface area is 163 Å². The van der Waals surface area contributed by atoms with E-state index in [9.17, 15) is 0 Å². The molecule has 0 amide bonds. The molecule has 6 heteroatoms. The van der Waals surface area contributed by atoms with E-state index in [0.29, 0.717) is 10.8 Å². The van der Waals surface area contributed by atoms with Crippen molar-refractivity contribution in [2.24, 2.45) is 10.9 Å². The number of hydrogen-bond donors (Lipinski definition) is 2. The predicted molar refractivity (Wildman–Crippen MR) is 112 cm³/mol. The number of hydrogen-bond acceptors (Lipinski definition) is 3. The first-order valence-corrected chi connectivity index (χ1v) is 10.0. The molecule has 2 unspecified atom stereocenters. The van der Waals surface area contributed by atoms with Crippen molar-refractivity contribution in [2.45, 2.75) is 62.7 Å². The fourth-order valence-electron chi connectivity index (χ4n) is 3.62. The Morgan fingerprint density at radius 3 is 2.65 bits per heavy atom. The average Bonchev–Trinajstić information content (AvgIpc) is 2.59. The molecule has 2 rings (SSSR count). The molecule has 0 aromatic rings. The van der Waals surface area contributed by atoms with Crippen molar-refractivity contribution in [3.63, 3.8) is 0 Å². The first-order valence-electron chi connectivity index (χ1n) is 8.81. The third kappa shape index (κ3) is 6.61. The van der Waals surface area contributed by atoms with Gasteiger partial charge < -0.3 is 15.4 Å². The lowest BCUT2D eigenvalue weighted by atomic mass is 9.84. The summed E-state index contributed by atoms with van der Waals surface area (Å²) in [6.07, 6.45) is 11.1. The van der Waals surface area contributed by atoms with Gasteiger partial charge in [0.05, 0.1) is 0 Å². The van der Waals surface area contributed by atoms with Gasteiger partial charge in [0.2, 0.25) is 0 Å². The maximum absolute atomic E-state index is 5.52. The lowest BCUT2D eigenvalue weighted by molar-refractivity contribution is 0.0782. The second-order valence-corrected chi connectivity index (χ2v) is 7.98. The summed E-state index contributed by atoms with van der Waals surface area (Å²) >= 11 is 1.97. The normalized spacial score (nSPS) is 27.9. The summed E-state index contributed by atoms with van der Waals surface area (Å²) in [5.41, 5.74) is 0. The molecule has 0 spiro atoms. The van der Waals surface area contributed by atoms with E-state index in [2.05, 4.69) is 28.8 Å². The van der Waals surface area contributed by atoms with Gasteiger partial charge in [-0.2, -0.15) is 11.8 Å². The lowest BCUT2D eigenvalue weighted by Gasteiger charge is -2.37. The van der Waals surface area contributed by atoms with Crippen LogP contribution >= 0.6 is 35.7 Å². The molecular formula is C17H34IN3OS. The van der Waals surface area contributed by atoms with Gasteiger partial charge in [-0.05, 0) is 37.9 Å². The fraction of sp³-hybridized carbons (Fsp3) is 0.941. The third-order valence-electron chi connectivity index (χ3n) is 5.34. The van der Waals surface area contributed by atoms with Crippen LogP contribution in [0.15, 0.2) is 4.99 Å². The molecule has 0 bridgehead atoms. The summed E-state index contributed by atoms with van der Waals surface area (Å²) in [7, 11) is 1.88. The second-order valence-electron chi connectivity index (χ2n) is 6.71. The molecule has 1 aliphatic carbocycles. The van der Waals surface area contributed by atoms with Crippen LogP contribution in [-0.4, -0.2) is 49.8 Å². The number of thioether (sulfide) groups is 1. The van der Waals surface area contributed by atoms with Crippen molar-refractivity contribution in [3.8, 4) is 0 Å². The van der Waals surface area contributed by atoms with Crippen molar-refractivity contribution in [3.05, 3.63) is 0 Å². The van der Waals surface area contributed by atoms with E-state index in [-0.39, 0.29) is 24.0 Å². The Morgan fingerprint density at radius 2 is 2.04 bits per heavy atom. The summed E-state index contributed by atoms with van der Waals surface area (Å²) in [6.45, 7) is 5.05. The van der Waals surface area contributed by atoms with E-state index in [1.807, 2.05) is 18.8 Å². The minimum Gasteiger partial charge on any atom is -0.381 e. The number of aliphatic imine (C=N–C) groups is 1. The molecule has 0 aromatic carbocycles. The van der Waals surface area contributed by atoms with Crippen LogP contribution in [0.5, 0.6) is 0 Å². The molecule has 0 aromatic heterocycles. The zero-order valence-corrected chi connectivity index (χ0v) is 18.0. The second kappa shape index (κ2) is 11.0. The standard InChI is InChI=1S/C17H33N3OS.HI/c1-4-14-6-5-7-15(12-14)20-16(18-2)19-13-17(22-3)8-10-21-11-9-17;/h14-15H,4-13H2,1-3H3,(H2,18,19,20);1H. The van der Waals surface area contributed by atoms with Crippen molar-refractivity contribution in [1.82, 2.24) is 10.6 Å². The minimum atomic E-state index is 0. The highest BCUT2D eigenvalue weighted by atomic mass is 127. The van der Waals surface area contributed by atoms with Crippen LogP contribution in [0.1, 0.15) is 51.9 Å². The molecule has 2 aliphatic rings. The van der Waals surface area contributed by atoms with Crippen LogP contribution < -0.4 is 10.6 Å². The van der Waals surface area contributed by atoms with Gasteiger partial charge in [0, 0.05) is 37.6 Å². The summed E-state index contributed by atoms with van der Waals surface area (Å²) in [5, 5.41) is 7.22. The molecule has 1 aliphatic heterocycles. The molecule has 1 saturated carbocycles. The Balaban J connectivity index is 0.00000264. The Morgan fingerprint density at radius 1 is 1.30 bits per heavy atom. The monoisotopic (exact) mass is 455 g/mol. The SMILES string of the molecule is CCC1CCCC(NC(=NC)NCC2(SC)CCOCC2)C1.I. The van der Waals surface area contributed by atoms with Gasteiger partial charge in [0.1, 0.15) is 0 Å². The fourth-order valence-corrected chi connectivity index (χ4v) is 4.41. The number of halogens is 1. The van der Waals surface area contributed by atoms with E-state index in [1.165, 1.54) is 32.1 Å². The van der Waals surface area contributed by atoms with Crippen LogP contribution in [0.3, 0.4) is 0 Å². The predicted octanol–water partition coefficient (Wildman–Crippen LogP) is 3.65. The highest BCUT2D eigenvalue weighted by Gasteiger charge is 2.32. The van der Waals surface area contributed by atoms with Crippen molar-refractivity contribution >= 4 is 41.7 Å². The van der Waals surface area contributed by atoms with Gasteiger partial charge in [0.15, 0.2) is 5.96 Å². The molecule has 2 fully saturated rings. The van der Waals surface area contributed by atoms with Gasteiger partial charge in [-0.1, -0.05) is 26.2 Å². The van der Waals surface area contributed by atoms with Crippen LogP contribution in [0, 0.1) is 5.92 Å².